The van der Waals surface area contributed by atoms with Crippen molar-refractivity contribution in [3.05, 3.63) is 0 Å². The summed E-state index contributed by atoms with van der Waals surface area (Å²) in [5, 5.41) is 0. The minimum absolute atomic E-state index is 0.00160. The van der Waals surface area contributed by atoms with Gasteiger partial charge < -0.3 is 0 Å². The molecule has 82 valence electrons. The second-order valence-corrected chi connectivity index (χ2v) is 5.99. The van der Waals surface area contributed by atoms with E-state index in [1.165, 1.54) is 0 Å². The Bertz CT molecular complexity index is 316. The SMILES string of the molecule is C#CC(C)(C)NS(=O)(=O)CC(C)CCl. The molecule has 1 atom stereocenters. The van der Waals surface area contributed by atoms with E-state index in [1.807, 2.05) is 0 Å². The summed E-state index contributed by atoms with van der Waals surface area (Å²) in [4.78, 5) is 0. The van der Waals surface area contributed by atoms with Gasteiger partial charge in [-0.3, -0.25) is 0 Å². The summed E-state index contributed by atoms with van der Waals surface area (Å²) in [5.41, 5.74) is -0.842. The van der Waals surface area contributed by atoms with E-state index in [0.29, 0.717) is 5.88 Å². The zero-order valence-corrected chi connectivity index (χ0v) is 10.2. The van der Waals surface area contributed by atoms with Gasteiger partial charge >= 0.3 is 0 Å². The Morgan fingerprint density at radius 1 is 1.57 bits per heavy atom. The van der Waals surface area contributed by atoms with Gasteiger partial charge in [-0.2, -0.15) is 4.72 Å². The summed E-state index contributed by atoms with van der Waals surface area (Å²) in [6.07, 6.45) is 5.17. The zero-order valence-electron chi connectivity index (χ0n) is 8.67. The number of hydrogen-bond acceptors (Lipinski definition) is 2. The monoisotopic (exact) mass is 237 g/mol. The fraction of sp³-hybridized carbons (Fsp3) is 0.778. The van der Waals surface area contributed by atoms with E-state index in [0.717, 1.165) is 0 Å². The van der Waals surface area contributed by atoms with Crippen LogP contribution in [0, 0.1) is 18.3 Å². The first-order valence-corrected chi connectivity index (χ1v) is 6.46. The van der Waals surface area contributed by atoms with Crippen molar-refractivity contribution < 1.29 is 8.42 Å². The third kappa shape index (κ3) is 5.48. The average Bonchev–Trinajstić information content (AvgIpc) is 2.01. The molecule has 0 rings (SSSR count). The number of hydrogen-bond donors (Lipinski definition) is 1. The fourth-order valence-electron chi connectivity index (χ4n) is 0.879. The highest BCUT2D eigenvalue weighted by Gasteiger charge is 2.23. The van der Waals surface area contributed by atoms with Crippen LogP contribution in [0.15, 0.2) is 0 Å². The smallest absolute Gasteiger partial charge is 0.212 e. The molecule has 0 heterocycles. The Balaban J connectivity index is 4.46. The van der Waals surface area contributed by atoms with E-state index in [2.05, 4.69) is 10.6 Å². The van der Waals surface area contributed by atoms with Crippen LogP contribution < -0.4 is 4.72 Å². The van der Waals surface area contributed by atoms with Gasteiger partial charge in [-0.1, -0.05) is 12.8 Å². The molecule has 0 radical (unpaired) electrons. The Hall–Kier alpha value is -0.240. The lowest BCUT2D eigenvalue weighted by molar-refractivity contribution is 0.530. The molecule has 0 aromatic rings. The van der Waals surface area contributed by atoms with Crippen molar-refractivity contribution in [2.75, 3.05) is 11.6 Å². The molecule has 0 bridgehead atoms. The molecular formula is C9H16ClNO2S. The lowest BCUT2D eigenvalue weighted by atomic mass is 10.1. The van der Waals surface area contributed by atoms with E-state index in [9.17, 15) is 8.42 Å². The Kier molecular flexibility index (Phi) is 4.93. The van der Waals surface area contributed by atoms with Crippen LogP contribution in [0.25, 0.3) is 0 Å². The van der Waals surface area contributed by atoms with Crippen molar-refractivity contribution in [1.29, 1.82) is 0 Å². The summed E-state index contributed by atoms with van der Waals surface area (Å²) in [7, 11) is -3.34. The second kappa shape index (κ2) is 5.01. The molecular weight excluding hydrogens is 222 g/mol. The molecule has 0 fully saturated rings. The molecule has 0 saturated carbocycles. The molecule has 0 aliphatic heterocycles. The van der Waals surface area contributed by atoms with Crippen LogP contribution in [-0.4, -0.2) is 25.6 Å². The highest BCUT2D eigenvalue weighted by atomic mass is 35.5. The molecule has 0 aromatic heterocycles. The first kappa shape index (κ1) is 13.8. The molecule has 0 amide bonds. The standard InChI is InChI=1S/C9H16ClNO2S/c1-5-9(3,4)11-14(12,13)7-8(2)6-10/h1,8,11H,6-7H2,2-4H3. The third-order valence-corrected chi connectivity index (χ3v) is 3.89. The quantitative estimate of drug-likeness (QED) is 0.577. The minimum atomic E-state index is -3.34. The Morgan fingerprint density at radius 2 is 2.07 bits per heavy atom. The van der Waals surface area contributed by atoms with Gasteiger partial charge in [-0.25, -0.2) is 8.42 Å². The molecule has 0 saturated heterocycles. The maximum absolute atomic E-state index is 11.5. The van der Waals surface area contributed by atoms with Crippen molar-refractivity contribution in [2.24, 2.45) is 5.92 Å². The molecule has 1 unspecified atom stereocenters. The zero-order chi connectivity index (χ0) is 11.4. The molecule has 0 aliphatic rings. The van der Waals surface area contributed by atoms with Gasteiger partial charge in [0.2, 0.25) is 10.0 Å². The summed E-state index contributed by atoms with van der Waals surface area (Å²) < 4.78 is 25.4. The van der Waals surface area contributed by atoms with Crippen molar-refractivity contribution in [3.8, 4) is 12.3 Å². The van der Waals surface area contributed by atoms with Crippen molar-refractivity contribution in [2.45, 2.75) is 26.3 Å². The Labute approximate surface area is 91.3 Å². The van der Waals surface area contributed by atoms with Crippen molar-refractivity contribution >= 4 is 21.6 Å². The largest absolute Gasteiger partial charge is 0.213 e. The molecule has 0 aromatic carbocycles. The lowest BCUT2D eigenvalue weighted by Gasteiger charge is -2.20. The highest BCUT2D eigenvalue weighted by molar-refractivity contribution is 7.89. The number of halogens is 1. The second-order valence-electron chi connectivity index (χ2n) is 3.91. The van der Waals surface area contributed by atoms with Crippen molar-refractivity contribution in [3.63, 3.8) is 0 Å². The van der Waals surface area contributed by atoms with Crippen LogP contribution in [-0.2, 0) is 10.0 Å². The third-order valence-electron chi connectivity index (χ3n) is 1.54. The number of rotatable bonds is 5. The fourth-order valence-corrected chi connectivity index (χ4v) is 2.90. The Morgan fingerprint density at radius 3 is 2.43 bits per heavy atom. The highest BCUT2D eigenvalue weighted by Crippen LogP contribution is 2.07. The first-order chi connectivity index (χ1) is 6.22. The predicted octanol–water partition coefficient (Wildman–Crippen LogP) is 1.19. The van der Waals surface area contributed by atoms with Gasteiger partial charge in [0.25, 0.3) is 0 Å². The van der Waals surface area contributed by atoms with Crippen LogP contribution in [0.3, 0.4) is 0 Å². The van der Waals surface area contributed by atoms with Crippen molar-refractivity contribution in [1.82, 2.24) is 4.72 Å². The van der Waals surface area contributed by atoms with Gasteiger partial charge in [-0.15, -0.1) is 18.0 Å². The van der Waals surface area contributed by atoms with Gasteiger partial charge in [0.15, 0.2) is 0 Å². The number of alkyl halides is 1. The molecule has 3 nitrogen and oxygen atoms in total. The van der Waals surface area contributed by atoms with Gasteiger partial charge in [0.1, 0.15) is 0 Å². The maximum atomic E-state index is 11.5. The lowest BCUT2D eigenvalue weighted by Crippen LogP contribution is -2.44. The van der Waals surface area contributed by atoms with Crippen LogP contribution in [0.4, 0.5) is 0 Å². The normalized spacial score (nSPS) is 14.8. The van der Waals surface area contributed by atoms with E-state index in [4.69, 9.17) is 18.0 Å². The van der Waals surface area contributed by atoms with Crippen LogP contribution in [0.2, 0.25) is 0 Å². The molecule has 0 aliphatic carbocycles. The molecule has 1 N–H and O–H groups in total. The summed E-state index contributed by atoms with van der Waals surface area (Å²) in [6.45, 7) is 5.04. The number of nitrogens with one attached hydrogen (secondary N) is 1. The van der Waals surface area contributed by atoms with E-state index >= 15 is 0 Å². The van der Waals surface area contributed by atoms with E-state index < -0.39 is 15.6 Å². The van der Waals surface area contributed by atoms with Crippen LogP contribution >= 0.6 is 11.6 Å². The van der Waals surface area contributed by atoms with E-state index in [-0.39, 0.29) is 11.7 Å². The van der Waals surface area contributed by atoms with Gasteiger partial charge in [-0.05, 0) is 19.8 Å². The molecule has 14 heavy (non-hydrogen) atoms. The predicted molar refractivity (Wildman–Crippen MR) is 59.7 cm³/mol. The minimum Gasteiger partial charge on any atom is -0.212 e. The van der Waals surface area contributed by atoms with Gasteiger partial charge in [0.05, 0.1) is 11.3 Å². The molecule has 0 spiro atoms. The summed E-state index contributed by atoms with van der Waals surface area (Å²) in [6, 6.07) is 0. The maximum Gasteiger partial charge on any atom is 0.213 e. The number of sulfonamides is 1. The van der Waals surface area contributed by atoms with Crippen LogP contribution in [0.5, 0.6) is 0 Å². The molecule has 5 heteroatoms. The van der Waals surface area contributed by atoms with E-state index in [1.54, 1.807) is 20.8 Å². The summed E-state index contributed by atoms with van der Waals surface area (Å²) >= 11 is 5.53. The summed E-state index contributed by atoms with van der Waals surface area (Å²) in [5.74, 6) is 2.60. The number of terminal acetylenes is 1. The first-order valence-electron chi connectivity index (χ1n) is 4.28. The van der Waals surface area contributed by atoms with Gasteiger partial charge in [0, 0.05) is 5.88 Å². The topological polar surface area (TPSA) is 46.2 Å². The average molecular weight is 238 g/mol. The van der Waals surface area contributed by atoms with Crippen LogP contribution in [0.1, 0.15) is 20.8 Å².